The fraction of sp³-hybridized carbons (Fsp3) is 0.333. The van der Waals surface area contributed by atoms with E-state index >= 15 is 0 Å². The van der Waals surface area contributed by atoms with Crippen LogP contribution >= 0.6 is 0 Å². The predicted octanol–water partition coefficient (Wildman–Crippen LogP) is 1.15. The Balaban J connectivity index is 2.55. The summed E-state index contributed by atoms with van der Waals surface area (Å²) < 4.78 is 4.97. The largest absolute Gasteiger partial charge is 0.497 e. The standard InChI is InChI=1S/C12H15NO4/c1-8(12(15)16)7-13-11(14)9-3-5-10(17-2)6-4-9/h3-6,8H,7H2,1-2H3,(H,13,14)(H,15,16). The molecule has 1 aromatic rings. The van der Waals surface area contributed by atoms with Crippen LogP contribution in [0.25, 0.3) is 0 Å². The van der Waals surface area contributed by atoms with E-state index in [9.17, 15) is 9.59 Å². The summed E-state index contributed by atoms with van der Waals surface area (Å²) in [5.41, 5.74) is 0.475. The Morgan fingerprint density at radius 1 is 1.35 bits per heavy atom. The molecule has 0 saturated heterocycles. The van der Waals surface area contributed by atoms with E-state index in [1.54, 1.807) is 31.4 Å². The lowest BCUT2D eigenvalue weighted by Gasteiger charge is -2.08. The Morgan fingerprint density at radius 2 is 1.94 bits per heavy atom. The first-order valence-electron chi connectivity index (χ1n) is 5.19. The van der Waals surface area contributed by atoms with Gasteiger partial charge in [-0.1, -0.05) is 6.92 Å². The summed E-state index contributed by atoms with van der Waals surface area (Å²) in [4.78, 5) is 22.2. The van der Waals surface area contributed by atoms with Gasteiger partial charge in [-0.3, -0.25) is 9.59 Å². The number of hydrogen-bond acceptors (Lipinski definition) is 3. The predicted molar refractivity (Wildman–Crippen MR) is 62.1 cm³/mol. The molecule has 0 saturated carbocycles. The van der Waals surface area contributed by atoms with Crippen LogP contribution in [0.15, 0.2) is 24.3 Å². The van der Waals surface area contributed by atoms with Gasteiger partial charge in [0.15, 0.2) is 0 Å². The first-order chi connectivity index (χ1) is 8.04. The molecule has 0 aliphatic carbocycles. The molecule has 0 aliphatic rings. The summed E-state index contributed by atoms with van der Waals surface area (Å²) in [6, 6.07) is 6.60. The lowest BCUT2D eigenvalue weighted by Crippen LogP contribution is -2.31. The molecule has 0 aliphatic heterocycles. The van der Waals surface area contributed by atoms with Crippen molar-refractivity contribution in [2.75, 3.05) is 13.7 Å². The maximum Gasteiger partial charge on any atom is 0.308 e. The van der Waals surface area contributed by atoms with Crippen LogP contribution in [-0.2, 0) is 4.79 Å². The van der Waals surface area contributed by atoms with Gasteiger partial charge in [0.25, 0.3) is 5.91 Å². The highest BCUT2D eigenvalue weighted by atomic mass is 16.5. The number of carbonyl (C=O) groups excluding carboxylic acids is 1. The maximum absolute atomic E-state index is 11.6. The van der Waals surface area contributed by atoms with Gasteiger partial charge in [0.1, 0.15) is 5.75 Å². The number of ether oxygens (including phenoxy) is 1. The summed E-state index contributed by atoms with van der Waals surface area (Å²) in [5.74, 6) is -1.15. The topological polar surface area (TPSA) is 75.6 Å². The van der Waals surface area contributed by atoms with Crippen molar-refractivity contribution in [2.24, 2.45) is 5.92 Å². The normalized spacial score (nSPS) is 11.6. The van der Waals surface area contributed by atoms with Gasteiger partial charge in [0.05, 0.1) is 13.0 Å². The van der Waals surface area contributed by atoms with Gasteiger partial charge >= 0.3 is 5.97 Å². The molecule has 0 heterocycles. The van der Waals surface area contributed by atoms with Crippen molar-refractivity contribution in [3.8, 4) is 5.75 Å². The van der Waals surface area contributed by atoms with E-state index in [1.807, 2.05) is 0 Å². The van der Waals surface area contributed by atoms with Crippen LogP contribution < -0.4 is 10.1 Å². The lowest BCUT2D eigenvalue weighted by atomic mass is 10.1. The summed E-state index contributed by atoms with van der Waals surface area (Å²) in [6.45, 7) is 1.65. The van der Waals surface area contributed by atoms with Crippen LogP contribution in [0.1, 0.15) is 17.3 Å². The minimum Gasteiger partial charge on any atom is -0.497 e. The van der Waals surface area contributed by atoms with Crippen LogP contribution in [0.3, 0.4) is 0 Å². The summed E-state index contributed by atoms with van der Waals surface area (Å²) >= 11 is 0. The summed E-state index contributed by atoms with van der Waals surface area (Å²) in [5, 5.41) is 11.2. The van der Waals surface area contributed by atoms with E-state index in [1.165, 1.54) is 6.92 Å². The Morgan fingerprint density at radius 3 is 2.41 bits per heavy atom. The number of nitrogens with one attached hydrogen (secondary N) is 1. The number of carbonyl (C=O) groups is 2. The van der Waals surface area contributed by atoms with Crippen molar-refractivity contribution < 1.29 is 19.4 Å². The minimum atomic E-state index is -0.931. The van der Waals surface area contributed by atoms with Crippen molar-refractivity contribution >= 4 is 11.9 Å². The Labute approximate surface area is 99.4 Å². The van der Waals surface area contributed by atoms with E-state index in [2.05, 4.69) is 5.32 Å². The number of aliphatic carboxylic acids is 1. The third-order valence-corrected chi connectivity index (χ3v) is 2.34. The van der Waals surface area contributed by atoms with Crippen LogP contribution in [0.5, 0.6) is 5.75 Å². The second-order valence-corrected chi connectivity index (χ2v) is 3.68. The van der Waals surface area contributed by atoms with Crippen molar-refractivity contribution in [2.45, 2.75) is 6.92 Å². The number of carboxylic acids is 1. The van der Waals surface area contributed by atoms with Gasteiger partial charge in [-0.2, -0.15) is 0 Å². The molecule has 0 aromatic heterocycles. The Hall–Kier alpha value is -2.04. The molecule has 1 atom stereocenters. The fourth-order valence-electron chi connectivity index (χ4n) is 1.18. The monoisotopic (exact) mass is 237 g/mol. The molecule has 5 heteroatoms. The van der Waals surface area contributed by atoms with E-state index in [-0.39, 0.29) is 12.5 Å². The Kier molecular flexibility index (Phi) is 4.51. The molecule has 92 valence electrons. The van der Waals surface area contributed by atoms with Gasteiger partial charge < -0.3 is 15.2 Å². The van der Waals surface area contributed by atoms with E-state index in [4.69, 9.17) is 9.84 Å². The maximum atomic E-state index is 11.6. The van der Waals surface area contributed by atoms with Crippen LogP contribution in [0.4, 0.5) is 0 Å². The minimum absolute atomic E-state index is 0.111. The SMILES string of the molecule is COc1ccc(C(=O)NCC(C)C(=O)O)cc1. The molecular formula is C12H15NO4. The van der Waals surface area contributed by atoms with Gasteiger partial charge in [-0.15, -0.1) is 0 Å². The molecule has 2 N–H and O–H groups in total. The number of hydrogen-bond donors (Lipinski definition) is 2. The average molecular weight is 237 g/mol. The molecule has 1 amide bonds. The zero-order valence-corrected chi connectivity index (χ0v) is 9.77. The van der Waals surface area contributed by atoms with E-state index in [0.29, 0.717) is 11.3 Å². The molecule has 0 spiro atoms. The molecule has 5 nitrogen and oxygen atoms in total. The number of benzene rings is 1. The average Bonchev–Trinajstić information content (AvgIpc) is 2.35. The number of rotatable bonds is 5. The molecule has 1 unspecified atom stereocenters. The summed E-state index contributed by atoms with van der Waals surface area (Å²) in [7, 11) is 1.55. The third-order valence-electron chi connectivity index (χ3n) is 2.34. The molecule has 0 fully saturated rings. The first kappa shape index (κ1) is 13.0. The zero-order valence-electron chi connectivity index (χ0n) is 9.77. The fourth-order valence-corrected chi connectivity index (χ4v) is 1.18. The highest BCUT2D eigenvalue weighted by Gasteiger charge is 2.12. The van der Waals surface area contributed by atoms with Gasteiger partial charge in [-0.25, -0.2) is 0 Å². The highest BCUT2D eigenvalue weighted by molar-refractivity contribution is 5.94. The quantitative estimate of drug-likeness (QED) is 0.805. The highest BCUT2D eigenvalue weighted by Crippen LogP contribution is 2.11. The van der Waals surface area contributed by atoms with E-state index < -0.39 is 11.9 Å². The van der Waals surface area contributed by atoms with Crippen LogP contribution in [0, 0.1) is 5.92 Å². The zero-order chi connectivity index (χ0) is 12.8. The molecule has 0 bridgehead atoms. The smallest absolute Gasteiger partial charge is 0.308 e. The Bertz CT molecular complexity index is 399. The van der Waals surface area contributed by atoms with Crippen LogP contribution in [0.2, 0.25) is 0 Å². The van der Waals surface area contributed by atoms with Gasteiger partial charge in [0, 0.05) is 12.1 Å². The summed E-state index contributed by atoms with van der Waals surface area (Å²) in [6.07, 6.45) is 0. The van der Waals surface area contributed by atoms with Crippen molar-refractivity contribution in [1.29, 1.82) is 0 Å². The van der Waals surface area contributed by atoms with Crippen molar-refractivity contribution in [3.05, 3.63) is 29.8 Å². The lowest BCUT2D eigenvalue weighted by molar-refractivity contribution is -0.140. The molecule has 17 heavy (non-hydrogen) atoms. The van der Waals surface area contributed by atoms with E-state index in [0.717, 1.165) is 0 Å². The van der Waals surface area contributed by atoms with Crippen molar-refractivity contribution in [1.82, 2.24) is 5.32 Å². The number of amides is 1. The molecular weight excluding hydrogens is 222 g/mol. The van der Waals surface area contributed by atoms with Crippen LogP contribution in [-0.4, -0.2) is 30.6 Å². The van der Waals surface area contributed by atoms with Crippen molar-refractivity contribution in [3.63, 3.8) is 0 Å². The molecule has 0 radical (unpaired) electrons. The number of carboxylic acid groups (broad SMARTS) is 1. The van der Waals surface area contributed by atoms with Gasteiger partial charge in [-0.05, 0) is 24.3 Å². The second kappa shape index (κ2) is 5.89. The molecule has 1 aromatic carbocycles. The third kappa shape index (κ3) is 3.79. The second-order valence-electron chi connectivity index (χ2n) is 3.68. The molecule has 1 rings (SSSR count). The van der Waals surface area contributed by atoms with Gasteiger partial charge in [0.2, 0.25) is 0 Å². The number of methoxy groups -OCH3 is 1. The first-order valence-corrected chi connectivity index (χ1v) is 5.19.